The van der Waals surface area contributed by atoms with Gasteiger partial charge in [-0.2, -0.15) is 0 Å². The zero-order valence-corrected chi connectivity index (χ0v) is 17.7. The Bertz CT molecular complexity index is 718. The third-order valence-corrected chi connectivity index (χ3v) is 5.38. The zero-order chi connectivity index (χ0) is 19.8. The average Bonchev–Trinajstić information content (AvgIpc) is 2.57. The van der Waals surface area contributed by atoms with Crippen LogP contribution in [0.2, 0.25) is 0 Å². The van der Waals surface area contributed by atoms with Crippen molar-refractivity contribution in [2.75, 3.05) is 30.8 Å². The van der Waals surface area contributed by atoms with Crippen molar-refractivity contribution >= 4 is 23.7 Å². The Hall–Kier alpha value is -1.54. The maximum Gasteiger partial charge on any atom is 0.410 e. The third kappa shape index (κ3) is 4.85. The Morgan fingerprint density at radius 3 is 2.67 bits per heavy atom. The number of fused-ring (bicyclic) bond motifs is 1. The van der Waals surface area contributed by atoms with E-state index in [0.29, 0.717) is 31.2 Å². The Morgan fingerprint density at radius 1 is 1.30 bits per heavy atom. The lowest BCUT2D eigenvalue weighted by molar-refractivity contribution is 0.0220. The molecule has 1 amide bonds. The molecule has 1 N–H and O–H groups in total. The van der Waals surface area contributed by atoms with Crippen LogP contribution in [0.5, 0.6) is 0 Å². The quantitative estimate of drug-likeness (QED) is 0.610. The molecule has 0 spiro atoms. The molecule has 1 saturated heterocycles. The molecule has 7 nitrogen and oxygen atoms in total. The number of hydrogen-bond acceptors (Lipinski definition) is 7. The summed E-state index contributed by atoms with van der Waals surface area (Å²) in [6.07, 6.45) is 4.08. The van der Waals surface area contributed by atoms with Gasteiger partial charge in [0, 0.05) is 25.2 Å². The maximum atomic E-state index is 12.5. The number of anilines is 1. The highest BCUT2D eigenvalue weighted by atomic mass is 32.2. The van der Waals surface area contributed by atoms with Gasteiger partial charge in [0.1, 0.15) is 11.4 Å². The van der Waals surface area contributed by atoms with Crippen molar-refractivity contribution in [3.8, 4) is 0 Å². The monoisotopic (exact) mass is 394 g/mol. The van der Waals surface area contributed by atoms with Gasteiger partial charge in [0.2, 0.25) is 0 Å². The van der Waals surface area contributed by atoms with E-state index in [1.165, 1.54) is 11.8 Å². The van der Waals surface area contributed by atoms with Gasteiger partial charge in [0.25, 0.3) is 0 Å². The molecule has 150 valence electrons. The molecule has 0 bridgehead atoms. The molecule has 27 heavy (non-hydrogen) atoms. The first kappa shape index (κ1) is 20.2. The van der Waals surface area contributed by atoms with Gasteiger partial charge >= 0.3 is 6.09 Å². The van der Waals surface area contributed by atoms with E-state index < -0.39 is 11.2 Å². The van der Waals surface area contributed by atoms with Crippen molar-refractivity contribution in [1.82, 2.24) is 14.9 Å². The van der Waals surface area contributed by atoms with Gasteiger partial charge in [-0.1, -0.05) is 11.8 Å². The molecule has 0 aliphatic carbocycles. The number of nitrogens with zero attached hydrogens (tertiary/aromatic N) is 4. The molecule has 0 saturated carbocycles. The fraction of sp³-hybridized carbons (Fsp3) is 0.737. The van der Waals surface area contributed by atoms with Crippen LogP contribution < -0.4 is 4.90 Å². The summed E-state index contributed by atoms with van der Waals surface area (Å²) in [5, 5.41) is 11.2. The van der Waals surface area contributed by atoms with E-state index in [0.717, 1.165) is 36.5 Å². The van der Waals surface area contributed by atoms with Crippen LogP contribution in [0.15, 0.2) is 5.16 Å². The molecule has 2 aliphatic rings. The molecule has 2 aliphatic heterocycles. The van der Waals surface area contributed by atoms with Gasteiger partial charge in [0.05, 0.1) is 17.8 Å². The van der Waals surface area contributed by atoms with Crippen molar-refractivity contribution in [3.05, 3.63) is 11.3 Å². The molecule has 0 unspecified atom stereocenters. The number of rotatable bonds is 2. The van der Waals surface area contributed by atoms with Crippen molar-refractivity contribution < 1.29 is 14.6 Å². The number of carbonyl (C=O) groups is 1. The lowest BCUT2D eigenvalue weighted by Crippen LogP contribution is -2.47. The number of amides is 1. The third-order valence-electron chi connectivity index (χ3n) is 4.83. The average molecular weight is 395 g/mol. The first-order chi connectivity index (χ1) is 12.6. The van der Waals surface area contributed by atoms with Gasteiger partial charge in [-0.3, -0.25) is 0 Å². The standard InChI is InChI=1S/C19H30N4O3S/c1-18(2,3)26-17(24)22-10-7-13-14(11-22)20-16(27-5)21-15(13)23-9-6-8-19(4,25)12-23/h25H,6-12H2,1-5H3/t19-/m1/s1. The number of carbonyl (C=O) groups excluding carboxylic acids is 1. The fourth-order valence-corrected chi connectivity index (χ4v) is 4.00. The predicted octanol–water partition coefficient (Wildman–Crippen LogP) is 2.84. The lowest BCUT2D eigenvalue weighted by Gasteiger charge is -2.39. The summed E-state index contributed by atoms with van der Waals surface area (Å²) in [5.74, 6) is 0.910. The number of β-amino-alcohol motifs (C(OH)–C–C–N with tert-alkyl or cyclic N) is 1. The Balaban J connectivity index is 1.87. The second-order valence-electron chi connectivity index (χ2n) is 8.63. The molecule has 1 aromatic rings. The summed E-state index contributed by atoms with van der Waals surface area (Å²) < 4.78 is 5.52. The highest BCUT2D eigenvalue weighted by molar-refractivity contribution is 7.98. The van der Waals surface area contributed by atoms with Crippen LogP contribution in [0.4, 0.5) is 10.6 Å². The van der Waals surface area contributed by atoms with Crippen LogP contribution in [0.1, 0.15) is 51.8 Å². The lowest BCUT2D eigenvalue weighted by atomic mass is 9.94. The molecule has 1 atom stereocenters. The zero-order valence-electron chi connectivity index (χ0n) is 16.9. The summed E-state index contributed by atoms with van der Waals surface area (Å²) in [7, 11) is 0. The van der Waals surface area contributed by atoms with Crippen molar-refractivity contribution in [2.24, 2.45) is 0 Å². The van der Waals surface area contributed by atoms with Crippen molar-refractivity contribution in [3.63, 3.8) is 0 Å². The topological polar surface area (TPSA) is 78.8 Å². The van der Waals surface area contributed by atoms with E-state index in [1.54, 1.807) is 4.90 Å². The molecular formula is C19H30N4O3S. The number of aromatic nitrogens is 2. The van der Waals surface area contributed by atoms with Gasteiger partial charge in [-0.25, -0.2) is 14.8 Å². The molecule has 1 fully saturated rings. The maximum absolute atomic E-state index is 12.5. The molecule has 8 heteroatoms. The van der Waals surface area contributed by atoms with E-state index in [-0.39, 0.29) is 6.09 Å². The van der Waals surface area contributed by atoms with E-state index >= 15 is 0 Å². The summed E-state index contributed by atoms with van der Waals surface area (Å²) in [6, 6.07) is 0. The van der Waals surface area contributed by atoms with Gasteiger partial charge in [-0.05, 0) is 53.2 Å². The summed E-state index contributed by atoms with van der Waals surface area (Å²) in [5.41, 5.74) is 0.752. The minimum atomic E-state index is -0.702. The molecule has 0 radical (unpaired) electrons. The largest absolute Gasteiger partial charge is 0.444 e. The summed E-state index contributed by atoms with van der Waals surface area (Å²) >= 11 is 1.49. The van der Waals surface area contributed by atoms with E-state index in [2.05, 4.69) is 9.88 Å². The summed E-state index contributed by atoms with van der Waals surface area (Å²) in [4.78, 5) is 25.8. The molecular weight excluding hydrogens is 364 g/mol. The minimum Gasteiger partial charge on any atom is -0.444 e. The number of piperidine rings is 1. The number of aliphatic hydroxyl groups is 1. The van der Waals surface area contributed by atoms with Crippen LogP contribution in [0.3, 0.4) is 0 Å². The van der Waals surface area contributed by atoms with Crippen LogP contribution in [0, 0.1) is 0 Å². The Morgan fingerprint density at radius 2 is 2.04 bits per heavy atom. The molecule has 0 aromatic carbocycles. The Kier molecular flexibility index (Phi) is 5.59. The van der Waals surface area contributed by atoms with Crippen LogP contribution in [-0.4, -0.2) is 63.2 Å². The highest BCUT2D eigenvalue weighted by Gasteiger charge is 2.33. The van der Waals surface area contributed by atoms with E-state index in [1.807, 2.05) is 34.0 Å². The Labute approximate surface area is 165 Å². The first-order valence-electron chi connectivity index (χ1n) is 9.47. The fourth-order valence-electron chi connectivity index (χ4n) is 3.62. The first-order valence-corrected chi connectivity index (χ1v) is 10.7. The van der Waals surface area contributed by atoms with Crippen LogP contribution >= 0.6 is 11.8 Å². The van der Waals surface area contributed by atoms with E-state index in [4.69, 9.17) is 9.72 Å². The molecule has 3 heterocycles. The minimum absolute atomic E-state index is 0.306. The summed E-state index contributed by atoms with van der Waals surface area (Å²) in [6.45, 7) is 9.96. The molecule has 3 rings (SSSR count). The predicted molar refractivity (Wildman–Crippen MR) is 106 cm³/mol. The number of thioether (sulfide) groups is 1. The second-order valence-corrected chi connectivity index (χ2v) is 9.41. The normalized spacial score (nSPS) is 23.2. The van der Waals surface area contributed by atoms with Gasteiger partial charge in [-0.15, -0.1) is 0 Å². The van der Waals surface area contributed by atoms with E-state index in [9.17, 15) is 9.90 Å². The van der Waals surface area contributed by atoms with Crippen LogP contribution in [0.25, 0.3) is 0 Å². The highest BCUT2D eigenvalue weighted by Crippen LogP contribution is 2.32. The molecule has 1 aromatic heterocycles. The van der Waals surface area contributed by atoms with Crippen LogP contribution in [-0.2, 0) is 17.7 Å². The second kappa shape index (κ2) is 7.47. The SMILES string of the molecule is CSc1nc2c(c(N3CCC[C@@](C)(O)C3)n1)CCN(C(=O)OC(C)(C)C)C2. The van der Waals surface area contributed by atoms with Crippen molar-refractivity contribution in [2.45, 2.75) is 69.9 Å². The smallest absolute Gasteiger partial charge is 0.410 e. The number of ether oxygens (including phenoxy) is 1. The van der Waals surface area contributed by atoms with Crippen molar-refractivity contribution in [1.29, 1.82) is 0 Å². The van der Waals surface area contributed by atoms with Gasteiger partial charge in [0.15, 0.2) is 5.16 Å². The number of hydrogen-bond donors (Lipinski definition) is 1. The van der Waals surface area contributed by atoms with Gasteiger partial charge < -0.3 is 19.6 Å².